The maximum absolute atomic E-state index is 12.3. The molecule has 2 atom stereocenters. The van der Waals surface area contributed by atoms with Gasteiger partial charge in [-0.3, -0.25) is 9.69 Å². The number of amides is 1. The Kier molecular flexibility index (Phi) is 7.26. The lowest BCUT2D eigenvalue weighted by Crippen LogP contribution is -2.52. The van der Waals surface area contributed by atoms with Gasteiger partial charge in [0.2, 0.25) is 5.91 Å². The lowest BCUT2D eigenvalue weighted by molar-refractivity contribution is -0.146. The molecule has 26 heavy (non-hydrogen) atoms. The Balaban J connectivity index is 1.83. The van der Waals surface area contributed by atoms with Crippen molar-refractivity contribution in [1.29, 1.82) is 0 Å². The number of hydrogen-bond acceptors (Lipinski definition) is 6. The number of ether oxygens (including phenoxy) is 1. The average molecular weight is 363 g/mol. The molecule has 0 spiro atoms. The second-order valence-corrected chi connectivity index (χ2v) is 6.73. The zero-order chi connectivity index (χ0) is 19.1. The van der Waals surface area contributed by atoms with Crippen LogP contribution in [-0.2, 0) is 14.3 Å². The van der Waals surface area contributed by atoms with E-state index in [0.717, 1.165) is 38.3 Å². The van der Waals surface area contributed by atoms with Gasteiger partial charge in [0.1, 0.15) is 11.8 Å². The zero-order valence-corrected chi connectivity index (χ0v) is 15.8. The Labute approximate surface area is 154 Å². The smallest absolute Gasteiger partial charge is 0.328 e. The molecule has 0 aliphatic carbocycles. The molecule has 2 rings (SSSR count). The highest BCUT2D eigenvalue weighted by Gasteiger charge is 2.27. The number of phenolic OH excluding ortho intramolecular Hbond substituents is 1. The molecular weight excluding hydrogens is 334 g/mol. The molecule has 144 valence electrons. The number of nitrogens with one attached hydrogen (secondary N) is 1. The molecule has 0 bridgehead atoms. The van der Waals surface area contributed by atoms with Crippen molar-refractivity contribution in [2.75, 3.05) is 44.7 Å². The van der Waals surface area contributed by atoms with E-state index in [-0.39, 0.29) is 24.1 Å². The Bertz CT molecular complexity index is 597. The van der Waals surface area contributed by atoms with Gasteiger partial charge in [0.25, 0.3) is 0 Å². The highest BCUT2D eigenvalue weighted by molar-refractivity contribution is 5.85. The van der Waals surface area contributed by atoms with Gasteiger partial charge in [-0.1, -0.05) is 20.3 Å². The predicted molar refractivity (Wildman–Crippen MR) is 100 cm³/mol. The van der Waals surface area contributed by atoms with Crippen molar-refractivity contribution in [3.8, 4) is 5.75 Å². The molecule has 0 unspecified atom stereocenters. The van der Waals surface area contributed by atoms with E-state index in [1.54, 1.807) is 12.1 Å². The number of anilines is 1. The van der Waals surface area contributed by atoms with Crippen LogP contribution in [0.4, 0.5) is 5.69 Å². The van der Waals surface area contributed by atoms with E-state index < -0.39 is 12.0 Å². The third kappa shape index (κ3) is 5.36. The van der Waals surface area contributed by atoms with Crippen LogP contribution in [-0.4, -0.2) is 67.8 Å². The summed E-state index contributed by atoms with van der Waals surface area (Å²) in [6.45, 7) is 7.33. The molecule has 1 aromatic carbocycles. The summed E-state index contributed by atoms with van der Waals surface area (Å²) >= 11 is 0. The predicted octanol–water partition coefficient (Wildman–Crippen LogP) is 1.22. The van der Waals surface area contributed by atoms with Gasteiger partial charge in [-0.05, 0) is 30.2 Å². The Hall–Kier alpha value is -2.28. The second kappa shape index (κ2) is 9.43. The lowest BCUT2D eigenvalue weighted by atomic mass is 9.99. The van der Waals surface area contributed by atoms with Crippen LogP contribution in [0.25, 0.3) is 0 Å². The molecule has 1 aliphatic heterocycles. The van der Waals surface area contributed by atoms with Crippen molar-refractivity contribution >= 4 is 17.6 Å². The van der Waals surface area contributed by atoms with E-state index >= 15 is 0 Å². The van der Waals surface area contributed by atoms with Crippen molar-refractivity contribution in [3.05, 3.63) is 24.3 Å². The van der Waals surface area contributed by atoms with Crippen LogP contribution in [0.5, 0.6) is 5.75 Å². The molecule has 0 radical (unpaired) electrons. The van der Waals surface area contributed by atoms with Crippen molar-refractivity contribution < 1.29 is 19.4 Å². The fourth-order valence-electron chi connectivity index (χ4n) is 3.05. The van der Waals surface area contributed by atoms with Crippen LogP contribution in [0.3, 0.4) is 0 Å². The van der Waals surface area contributed by atoms with Gasteiger partial charge in [0.15, 0.2) is 0 Å². The molecule has 0 aromatic heterocycles. The summed E-state index contributed by atoms with van der Waals surface area (Å²) in [6.07, 6.45) is 0.783. The second-order valence-electron chi connectivity index (χ2n) is 6.73. The molecule has 1 aliphatic rings. The fourth-order valence-corrected chi connectivity index (χ4v) is 3.05. The summed E-state index contributed by atoms with van der Waals surface area (Å²) in [5.74, 6) is -0.271. The topological polar surface area (TPSA) is 82.1 Å². The first-order valence-electron chi connectivity index (χ1n) is 9.08. The van der Waals surface area contributed by atoms with Crippen LogP contribution < -0.4 is 10.2 Å². The number of aromatic hydroxyl groups is 1. The maximum Gasteiger partial charge on any atom is 0.328 e. The number of carbonyl (C=O) groups is 2. The van der Waals surface area contributed by atoms with E-state index in [0.29, 0.717) is 0 Å². The van der Waals surface area contributed by atoms with Crippen molar-refractivity contribution in [2.24, 2.45) is 5.92 Å². The quantitative estimate of drug-likeness (QED) is 0.709. The van der Waals surface area contributed by atoms with Gasteiger partial charge in [-0.2, -0.15) is 0 Å². The van der Waals surface area contributed by atoms with Crippen molar-refractivity contribution in [1.82, 2.24) is 10.2 Å². The largest absolute Gasteiger partial charge is 0.508 e. The van der Waals surface area contributed by atoms with Gasteiger partial charge in [0.05, 0.1) is 13.7 Å². The first-order valence-corrected chi connectivity index (χ1v) is 9.08. The summed E-state index contributed by atoms with van der Waals surface area (Å²) in [4.78, 5) is 28.5. The van der Waals surface area contributed by atoms with E-state index in [1.807, 2.05) is 26.0 Å². The molecule has 1 aromatic rings. The summed E-state index contributed by atoms with van der Waals surface area (Å²) in [5.41, 5.74) is 1.06. The first kappa shape index (κ1) is 20.0. The highest BCUT2D eigenvalue weighted by atomic mass is 16.5. The van der Waals surface area contributed by atoms with Crippen LogP contribution in [0.15, 0.2) is 24.3 Å². The first-order chi connectivity index (χ1) is 12.4. The summed E-state index contributed by atoms with van der Waals surface area (Å²) in [6, 6.07) is 6.54. The molecule has 1 fully saturated rings. The highest BCUT2D eigenvalue weighted by Crippen LogP contribution is 2.19. The molecule has 7 heteroatoms. The van der Waals surface area contributed by atoms with Gasteiger partial charge in [0, 0.05) is 31.9 Å². The van der Waals surface area contributed by atoms with Crippen LogP contribution in [0, 0.1) is 5.92 Å². The zero-order valence-electron chi connectivity index (χ0n) is 15.8. The normalized spacial score (nSPS) is 17.4. The van der Waals surface area contributed by atoms with Gasteiger partial charge < -0.3 is 20.1 Å². The minimum atomic E-state index is -0.601. The van der Waals surface area contributed by atoms with Gasteiger partial charge >= 0.3 is 5.97 Å². The number of rotatable bonds is 7. The van der Waals surface area contributed by atoms with Gasteiger partial charge in [-0.15, -0.1) is 0 Å². The standard InChI is InChI=1S/C19H29N3O4/c1-4-14(2)18(19(25)26-3)20-17(24)13-21-9-11-22(12-10-21)15-5-7-16(23)8-6-15/h5-8,14,18,23H,4,9-13H2,1-3H3,(H,20,24)/t14-,18-/m0/s1. The molecule has 1 saturated heterocycles. The van der Waals surface area contributed by atoms with Crippen LogP contribution in [0.2, 0.25) is 0 Å². The minimum absolute atomic E-state index is 0.0257. The molecule has 1 amide bonds. The number of esters is 1. The minimum Gasteiger partial charge on any atom is -0.508 e. The number of nitrogens with zero attached hydrogens (tertiary/aromatic N) is 2. The molecule has 0 saturated carbocycles. The lowest BCUT2D eigenvalue weighted by Gasteiger charge is -2.36. The van der Waals surface area contributed by atoms with Crippen molar-refractivity contribution in [2.45, 2.75) is 26.3 Å². The molecule has 7 nitrogen and oxygen atoms in total. The van der Waals surface area contributed by atoms with E-state index in [1.165, 1.54) is 7.11 Å². The molecule has 1 heterocycles. The number of carbonyl (C=O) groups excluding carboxylic acids is 2. The van der Waals surface area contributed by atoms with Crippen LogP contribution >= 0.6 is 0 Å². The Morgan fingerprint density at radius 3 is 2.35 bits per heavy atom. The summed E-state index contributed by atoms with van der Waals surface area (Å²) in [5, 5.41) is 12.2. The fraction of sp³-hybridized carbons (Fsp3) is 0.579. The Morgan fingerprint density at radius 2 is 1.81 bits per heavy atom. The number of phenols is 1. The van der Waals surface area contributed by atoms with E-state index in [9.17, 15) is 14.7 Å². The average Bonchev–Trinajstić information content (AvgIpc) is 2.66. The maximum atomic E-state index is 12.3. The van der Waals surface area contributed by atoms with E-state index in [2.05, 4.69) is 15.1 Å². The third-order valence-electron chi connectivity index (χ3n) is 4.94. The van der Waals surface area contributed by atoms with E-state index in [4.69, 9.17) is 4.74 Å². The number of benzene rings is 1. The van der Waals surface area contributed by atoms with Gasteiger partial charge in [-0.25, -0.2) is 4.79 Å². The number of hydrogen-bond donors (Lipinski definition) is 2. The summed E-state index contributed by atoms with van der Waals surface area (Å²) in [7, 11) is 1.34. The summed E-state index contributed by atoms with van der Waals surface area (Å²) < 4.78 is 4.81. The SMILES string of the molecule is CC[C@H](C)[C@H](NC(=O)CN1CCN(c2ccc(O)cc2)CC1)C(=O)OC. The van der Waals surface area contributed by atoms with Crippen molar-refractivity contribution in [3.63, 3.8) is 0 Å². The third-order valence-corrected chi connectivity index (χ3v) is 4.94. The Morgan fingerprint density at radius 1 is 1.19 bits per heavy atom. The number of methoxy groups -OCH3 is 1. The number of piperazine rings is 1. The van der Waals surface area contributed by atoms with Crippen LogP contribution in [0.1, 0.15) is 20.3 Å². The monoisotopic (exact) mass is 363 g/mol. The molecular formula is C19H29N3O4. The molecule has 2 N–H and O–H groups in total.